The van der Waals surface area contributed by atoms with Crippen LogP contribution in [0.4, 0.5) is 5.69 Å². The Morgan fingerprint density at radius 2 is 1.96 bits per heavy atom. The number of carbonyl (C=O) groups is 1. The van der Waals surface area contributed by atoms with E-state index in [1.165, 1.54) is 12.7 Å². The summed E-state index contributed by atoms with van der Waals surface area (Å²) >= 11 is 0. The molecule has 0 amide bonds. The van der Waals surface area contributed by atoms with Crippen molar-refractivity contribution in [1.82, 2.24) is 0 Å². The van der Waals surface area contributed by atoms with Gasteiger partial charge in [0.05, 0.1) is 0 Å². The summed E-state index contributed by atoms with van der Waals surface area (Å²) in [7, 11) is 1.52. The van der Waals surface area contributed by atoms with Crippen LogP contribution in [0, 0.1) is 0 Å². The zero-order valence-electron chi connectivity index (χ0n) is 13.2. The Morgan fingerprint density at radius 1 is 1.17 bits per heavy atom. The summed E-state index contributed by atoms with van der Waals surface area (Å²) in [5, 5.41) is 0. The Bertz CT molecular complexity index is 684. The van der Waals surface area contributed by atoms with E-state index in [0.29, 0.717) is 6.42 Å². The number of aryl methyl sites for hydroxylation is 1. The first kappa shape index (κ1) is 15.6. The van der Waals surface area contributed by atoms with Crippen molar-refractivity contribution < 1.29 is 14.3 Å². The number of fused-ring (bicyclic) bond motifs is 1. The second kappa shape index (κ2) is 6.84. The number of carbonyl (C=O) groups excluding carboxylic acids is 1. The van der Waals surface area contributed by atoms with E-state index in [0.717, 1.165) is 29.7 Å². The highest BCUT2D eigenvalue weighted by atomic mass is 16.6. The summed E-state index contributed by atoms with van der Waals surface area (Å²) in [4.78, 5) is 12.5. The van der Waals surface area contributed by atoms with E-state index in [2.05, 4.69) is 6.07 Å². The predicted octanol–water partition coefficient (Wildman–Crippen LogP) is 3.06. The highest BCUT2D eigenvalue weighted by Crippen LogP contribution is 2.29. The van der Waals surface area contributed by atoms with Crippen LogP contribution < -0.4 is 5.73 Å². The molecule has 0 heterocycles. The van der Waals surface area contributed by atoms with Crippen molar-refractivity contribution in [3.63, 3.8) is 0 Å². The zero-order valence-corrected chi connectivity index (χ0v) is 13.2. The molecule has 1 aliphatic rings. The number of hydrogen-bond donors (Lipinski definition) is 1. The van der Waals surface area contributed by atoms with E-state index in [4.69, 9.17) is 15.2 Å². The molecule has 23 heavy (non-hydrogen) atoms. The second-order valence-electron chi connectivity index (χ2n) is 5.81. The molecule has 4 heteroatoms. The molecule has 0 aromatic heterocycles. The van der Waals surface area contributed by atoms with Gasteiger partial charge in [0.1, 0.15) is 6.10 Å². The summed E-state index contributed by atoms with van der Waals surface area (Å²) in [6, 6.07) is 15.3. The molecule has 4 nitrogen and oxygen atoms in total. The Labute approximate surface area is 136 Å². The lowest BCUT2D eigenvalue weighted by atomic mass is 9.88. The summed E-state index contributed by atoms with van der Waals surface area (Å²) in [5.41, 5.74) is 9.98. The van der Waals surface area contributed by atoms with Crippen molar-refractivity contribution in [3.05, 3.63) is 65.2 Å². The Hall–Kier alpha value is -2.33. The van der Waals surface area contributed by atoms with Crippen molar-refractivity contribution >= 4 is 11.7 Å². The number of rotatable bonds is 4. The van der Waals surface area contributed by atoms with Crippen LogP contribution in [-0.4, -0.2) is 19.2 Å². The van der Waals surface area contributed by atoms with Gasteiger partial charge in [-0.3, -0.25) is 0 Å². The number of methoxy groups -OCH3 is 1. The van der Waals surface area contributed by atoms with Crippen LogP contribution in [0.5, 0.6) is 0 Å². The monoisotopic (exact) mass is 311 g/mol. The molecule has 3 rings (SSSR count). The van der Waals surface area contributed by atoms with Gasteiger partial charge < -0.3 is 15.2 Å². The summed E-state index contributed by atoms with van der Waals surface area (Å²) < 4.78 is 11.0. The molecule has 120 valence electrons. The molecule has 2 atom stereocenters. The van der Waals surface area contributed by atoms with Crippen LogP contribution in [0.1, 0.15) is 29.2 Å². The molecule has 0 spiro atoms. The maximum Gasteiger partial charge on any atom is 0.340 e. The molecule has 0 fully saturated rings. The van der Waals surface area contributed by atoms with Crippen molar-refractivity contribution in [2.24, 2.45) is 0 Å². The molecule has 0 saturated heterocycles. The third-order valence-corrected chi connectivity index (χ3v) is 4.31. The fourth-order valence-corrected chi connectivity index (χ4v) is 3.11. The Morgan fingerprint density at radius 3 is 2.70 bits per heavy atom. The molecule has 2 aromatic carbocycles. The molecular formula is C19H21NO3. The van der Waals surface area contributed by atoms with Gasteiger partial charge in [-0.05, 0) is 35.6 Å². The van der Waals surface area contributed by atoms with E-state index in [-0.39, 0.29) is 12.1 Å². The van der Waals surface area contributed by atoms with Crippen LogP contribution in [0.15, 0.2) is 48.5 Å². The molecule has 1 unspecified atom stereocenters. The highest BCUT2D eigenvalue weighted by molar-refractivity contribution is 5.76. The third-order valence-electron chi connectivity index (χ3n) is 4.31. The maximum absolute atomic E-state index is 12.5. The van der Waals surface area contributed by atoms with Crippen LogP contribution in [-0.2, 0) is 27.1 Å². The summed E-state index contributed by atoms with van der Waals surface area (Å²) in [6.45, 7) is 0. The number of nitrogen functional groups attached to an aromatic ring is 1. The molecule has 2 aromatic rings. The summed E-state index contributed by atoms with van der Waals surface area (Å²) in [5.74, 6) is -0.346. The van der Waals surface area contributed by atoms with Gasteiger partial charge in [-0.15, -0.1) is 0 Å². The third kappa shape index (κ3) is 3.37. The number of benzene rings is 2. The average Bonchev–Trinajstić information content (AvgIpc) is 2.57. The van der Waals surface area contributed by atoms with Gasteiger partial charge in [0.25, 0.3) is 0 Å². The van der Waals surface area contributed by atoms with Gasteiger partial charge in [-0.2, -0.15) is 0 Å². The van der Waals surface area contributed by atoms with E-state index < -0.39 is 6.10 Å². The first-order chi connectivity index (χ1) is 11.2. The number of ether oxygens (including phenoxy) is 2. The molecule has 0 radical (unpaired) electrons. The number of esters is 1. The normalized spacial score (nSPS) is 18.0. The quantitative estimate of drug-likeness (QED) is 0.696. The predicted molar refractivity (Wildman–Crippen MR) is 89.0 cm³/mol. The SMILES string of the molecule is CO[C@@H](C(=O)OC1CCc2cccc(N)c2C1)c1ccccc1. The standard InChI is InChI=1S/C19H21NO3/c1-22-18(14-6-3-2-4-7-14)19(21)23-15-11-10-13-8-5-9-17(20)16(13)12-15/h2-9,15,18H,10-12,20H2,1H3/t15?,18-/m1/s1. The smallest absolute Gasteiger partial charge is 0.340 e. The van der Waals surface area contributed by atoms with Gasteiger partial charge in [0.2, 0.25) is 0 Å². The van der Waals surface area contributed by atoms with E-state index in [1.807, 2.05) is 42.5 Å². The molecule has 1 aliphatic carbocycles. The lowest BCUT2D eigenvalue weighted by Gasteiger charge is -2.27. The van der Waals surface area contributed by atoms with Crippen molar-refractivity contribution in [2.75, 3.05) is 12.8 Å². The van der Waals surface area contributed by atoms with Gasteiger partial charge in [0, 0.05) is 19.2 Å². The molecule has 0 aliphatic heterocycles. The molecule has 2 N–H and O–H groups in total. The number of anilines is 1. The van der Waals surface area contributed by atoms with Crippen LogP contribution in [0.25, 0.3) is 0 Å². The zero-order chi connectivity index (χ0) is 16.2. The second-order valence-corrected chi connectivity index (χ2v) is 5.81. The lowest BCUT2D eigenvalue weighted by molar-refractivity contribution is -0.162. The fraction of sp³-hybridized carbons (Fsp3) is 0.316. The Kier molecular flexibility index (Phi) is 4.63. The van der Waals surface area contributed by atoms with Gasteiger partial charge in [-0.1, -0.05) is 42.5 Å². The van der Waals surface area contributed by atoms with E-state index in [9.17, 15) is 4.79 Å². The van der Waals surface area contributed by atoms with Crippen LogP contribution in [0.2, 0.25) is 0 Å². The highest BCUT2D eigenvalue weighted by Gasteiger charge is 2.28. The lowest BCUT2D eigenvalue weighted by Crippen LogP contribution is -2.29. The van der Waals surface area contributed by atoms with Crippen molar-refractivity contribution in [1.29, 1.82) is 0 Å². The van der Waals surface area contributed by atoms with Gasteiger partial charge in [-0.25, -0.2) is 4.79 Å². The van der Waals surface area contributed by atoms with Crippen LogP contribution >= 0.6 is 0 Å². The minimum absolute atomic E-state index is 0.152. The molecule has 0 saturated carbocycles. The fourth-order valence-electron chi connectivity index (χ4n) is 3.11. The van der Waals surface area contributed by atoms with E-state index in [1.54, 1.807) is 0 Å². The largest absolute Gasteiger partial charge is 0.460 e. The summed E-state index contributed by atoms with van der Waals surface area (Å²) in [6.07, 6.45) is 1.51. The van der Waals surface area contributed by atoms with E-state index >= 15 is 0 Å². The van der Waals surface area contributed by atoms with Crippen molar-refractivity contribution in [3.8, 4) is 0 Å². The average molecular weight is 311 g/mol. The minimum Gasteiger partial charge on any atom is -0.460 e. The van der Waals surface area contributed by atoms with Gasteiger partial charge in [0.15, 0.2) is 6.10 Å². The first-order valence-corrected chi connectivity index (χ1v) is 7.83. The topological polar surface area (TPSA) is 61.5 Å². The van der Waals surface area contributed by atoms with Gasteiger partial charge >= 0.3 is 5.97 Å². The maximum atomic E-state index is 12.5. The van der Waals surface area contributed by atoms with Crippen molar-refractivity contribution in [2.45, 2.75) is 31.5 Å². The Balaban J connectivity index is 1.70. The number of hydrogen-bond acceptors (Lipinski definition) is 4. The molecule has 0 bridgehead atoms. The van der Waals surface area contributed by atoms with Crippen LogP contribution in [0.3, 0.4) is 0 Å². The first-order valence-electron chi connectivity index (χ1n) is 7.83. The number of nitrogens with two attached hydrogens (primary N) is 1. The molecular weight excluding hydrogens is 290 g/mol. The minimum atomic E-state index is -0.689.